The lowest BCUT2D eigenvalue weighted by molar-refractivity contribution is 0.306. The van der Waals surface area contributed by atoms with E-state index in [4.69, 9.17) is 5.73 Å². The number of rotatable bonds is 3. The fraction of sp³-hybridized carbons (Fsp3) is 0.533. The van der Waals surface area contributed by atoms with E-state index in [9.17, 15) is 4.39 Å². The molecule has 0 radical (unpaired) electrons. The second-order valence-electron chi connectivity index (χ2n) is 5.59. The molecule has 2 unspecified atom stereocenters. The van der Waals surface area contributed by atoms with E-state index in [1.54, 1.807) is 0 Å². The van der Waals surface area contributed by atoms with Crippen molar-refractivity contribution in [1.82, 2.24) is 5.32 Å². The number of alkyl halides is 1. The van der Waals surface area contributed by atoms with Gasteiger partial charge in [0.05, 0.1) is 6.04 Å². The van der Waals surface area contributed by atoms with E-state index < -0.39 is 5.67 Å². The minimum atomic E-state index is -1.32. The third-order valence-corrected chi connectivity index (χ3v) is 4.11. The first-order valence-electron chi connectivity index (χ1n) is 7.03. The molecule has 20 heavy (non-hydrogen) atoms. The second-order valence-corrected chi connectivity index (χ2v) is 5.59. The Morgan fingerprint density at radius 2 is 1.90 bits per heavy atom. The van der Waals surface area contributed by atoms with Crippen LogP contribution < -0.4 is 11.1 Å². The first-order valence-corrected chi connectivity index (χ1v) is 7.03. The third kappa shape index (κ3) is 3.24. The molecule has 2 fully saturated rings. The number of hydrogen-bond acceptors (Lipinski definition) is 1. The van der Waals surface area contributed by atoms with Crippen LogP contribution >= 0.6 is 24.0 Å². The van der Waals surface area contributed by atoms with E-state index in [0.29, 0.717) is 24.0 Å². The second kappa shape index (κ2) is 6.28. The number of aliphatic imine (C=N–C) groups is 1. The van der Waals surface area contributed by atoms with Gasteiger partial charge >= 0.3 is 0 Å². The van der Waals surface area contributed by atoms with Gasteiger partial charge in [0.15, 0.2) is 11.6 Å². The van der Waals surface area contributed by atoms with Gasteiger partial charge in [0.25, 0.3) is 0 Å². The smallest absolute Gasteiger partial charge is 0.189 e. The van der Waals surface area contributed by atoms with Crippen LogP contribution in [-0.2, 0) is 5.67 Å². The SMILES string of the molecule is I.NC(=NC1CC1(F)c1ccccc1)NC1CCCC1. The van der Waals surface area contributed by atoms with Crippen molar-refractivity contribution in [3.05, 3.63) is 35.9 Å². The quantitative estimate of drug-likeness (QED) is 0.474. The summed E-state index contributed by atoms with van der Waals surface area (Å²) in [5.41, 5.74) is 5.26. The summed E-state index contributed by atoms with van der Waals surface area (Å²) in [6.07, 6.45) is 5.20. The molecule has 0 heterocycles. The maximum atomic E-state index is 14.6. The molecule has 2 aliphatic rings. The third-order valence-electron chi connectivity index (χ3n) is 4.11. The van der Waals surface area contributed by atoms with Crippen molar-refractivity contribution < 1.29 is 4.39 Å². The van der Waals surface area contributed by atoms with Crippen molar-refractivity contribution in [3.8, 4) is 0 Å². The van der Waals surface area contributed by atoms with Crippen LogP contribution in [0.3, 0.4) is 0 Å². The lowest BCUT2D eigenvalue weighted by Gasteiger charge is -2.12. The van der Waals surface area contributed by atoms with Crippen molar-refractivity contribution >= 4 is 29.9 Å². The maximum absolute atomic E-state index is 14.6. The molecule has 5 heteroatoms. The predicted molar refractivity (Wildman–Crippen MR) is 90.1 cm³/mol. The van der Waals surface area contributed by atoms with Crippen LogP contribution in [0.25, 0.3) is 0 Å². The Morgan fingerprint density at radius 1 is 1.25 bits per heavy atom. The van der Waals surface area contributed by atoms with Gasteiger partial charge in [0.1, 0.15) is 0 Å². The number of nitrogens with zero attached hydrogens (tertiary/aromatic N) is 1. The van der Waals surface area contributed by atoms with Crippen LogP contribution in [0.4, 0.5) is 4.39 Å². The van der Waals surface area contributed by atoms with E-state index in [1.165, 1.54) is 12.8 Å². The number of hydrogen-bond donors (Lipinski definition) is 2. The highest BCUT2D eigenvalue weighted by Crippen LogP contribution is 2.51. The maximum Gasteiger partial charge on any atom is 0.189 e. The van der Waals surface area contributed by atoms with E-state index in [-0.39, 0.29) is 30.0 Å². The molecule has 0 aromatic heterocycles. The summed E-state index contributed by atoms with van der Waals surface area (Å²) >= 11 is 0. The summed E-state index contributed by atoms with van der Waals surface area (Å²) < 4.78 is 14.6. The Bertz CT molecular complexity index is 473. The monoisotopic (exact) mass is 389 g/mol. The van der Waals surface area contributed by atoms with Crippen molar-refractivity contribution in [1.29, 1.82) is 0 Å². The van der Waals surface area contributed by atoms with E-state index in [1.807, 2.05) is 30.3 Å². The zero-order valence-electron chi connectivity index (χ0n) is 11.4. The van der Waals surface area contributed by atoms with E-state index in [0.717, 1.165) is 12.8 Å². The molecule has 3 N–H and O–H groups in total. The molecule has 0 aliphatic heterocycles. The predicted octanol–water partition coefficient (Wildman–Crippen LogP) is 3.09. The fourth-order valence-electron chi connectivity index (χ4n) is 2.88. The van der Waals surface area contributed by atoms with Gasteiger partial charge in [0, 0.05) is 12.5 Å². The highest BCUT2D eigenvalue weighted by molar-refractivity contribution is 14.0. The van der Waals surface area contributed by atoms with Crippen LogP contribution in [0.2, 0.25) is 0 Å². The lowest BCUT2D eigenvalue weighted by Crippen LogP contribution is -2.38. The summed E-state index contributed by atoms with van der Waals surface area (Å²) in [4.78, 5) is 4.29. The van der Waals surface area contributed by atoms with Gasteiger partial charge in [-0.15, -0.1) is 24.0 Å². The van der Waals surface area contributed by atoms with Gasteiger partial charge in [-0.2, -0.15) is 0 Å². The molecule has 0 amide bonds. The molecule has 2 atom stereocenters. The molecule has 3 nitrogen and oxygen atoms in total. The minimum absolute atomic E-state index is 0. The molecule has 3 rings (SSSR count). The normalized spacial score (nSPS) is 29.9. The molecule has 2 saturated carbocycles. The number of guanidine groups is 1. The van der Waals surface area contributed by atoms with Crippen molar-refractivity contribution in [3.63, 3.8) is 0 Å². The number of nitrogens with one attached hydrogen (secondary N) is 1. The average Bonchev–Trinajstić information content (AvgIpc) is 2.84. The summed E-state index contributed by atoms with van der Waals surface area (Å²) in [6.45, 7) is 0. The Hall–Kier alpha value is -0.850. The van der Waals surface area contributed by atoms with Gasteiger partial charge in [-0.3, -0.25) is 0 Å². The molecular weight excluding hydrogens is 368 g/mol. The summed E-state index contributed by atoms with van der Waals surface area (Å²) in [5.74, 6) is 0.396. The molecule has 0 saturated heterocycles. The largest absolute Gasteiger partial charge is 0.370 e. The van der Waals surface area contributed by atoms with Gasteiger partial charge in [-0.05, 0) is 18.4 Å². The van der Waals surface area contributed by atoms with Crippen LogP contribution in [0.1, 0.15) is 37.7 Å². The van der Waals surface area contributed by atoms with Crippen molar-refractivity contribution in [2.75, 3.05) is 0 Å². The molecule has 1 aromatic carbocycles. The molecule has 2 aliphatic carbocycles. The van der Waals surface area contributed by atoms with Crippen molar-refractivity contribution in [2.45, 2.75) is 49.9 Å². The number of nitrogens with two attached hydrogens (primary N) is 1. The molecule has 0 spiro atoms. The minimum Gasteiger partial charge on any atom is -0.370 e. The molecule has 0 bridgehead atoms. The Balaban J connectivity index is 0.00000147. The Morgan fingerprint density at radius 3 is 2.55 bits per heavy atom. The van der Waals surface area contributed by atoms with E-state index >= 15 is 0 Å². The van der Waals surface area contributed by atoms with Crippen LogP contribution in [0, 0.1) is 0 Å². The molecule has 1 aromatic rings. The standard InChI is InChI=1S/C15H20FN3.HI/c16-15(11-6-2-1-3-7-11)10-13(15)19-14(17)18-12-8-4-5-9-12;/h1-3,6-7,12-13H,4-5,8-10H2,(H3,17,18,19);1H. The lowest BCUT2D eigenvalue weighted by atomic mass is 10.1. The van der Waals surface area contributed by atoms with Gasteiger partial charge in [-0.25, -0.2) is 9.38 Å². The summed E-state index contributed by atoms with van der Waals surface area (Å²) in [6, 6.07) is 9.33. The van der Waals surface area contributed by atoms with Crippen LogP contribution in [0.15, 0.2) is 35.3 Å². The zero-order valence-corrected chi connectivity index (χ0v) is 13.7. The Labute approximate surface area is 136 Å². The van der Waals surface area contributed by atoms with Crippen LogP contribution in [0.5, 0.6) is 0 Å². The first-order chi connectivity index (χ1) is 9.18. The highest BCUT2D eigenvalue weighted by Gasteiger charge is 2.57. The first kappa shape index (κ1) is 15.5. The highest BCUT2D eigenvalue weighted by atomic mass is 127. The topological polar surface area (TPSA) is 50.4 Å². The average molecular weight is 389 g/mol. The fourth-order valence-corrected chi connectivity index (χ4v) is 2.88. The van der Waals surface area contributed by atoms with Crippen molar-refractivity contribution in [2.24, 2.45) is 10.7 Å². The van der Waals surface area contributed by atoms with Gasteiger partial charge < -0.3 is 11.1 Å². The zero-order chi connectivity index (χ0) is 13.3. The Kier molecular flexibility index (Phi) is 4.88. The summed E-state index contributed by atoms with van der Waals surface area (Å²) in [5, 5.41) is 3.20. The number of halogens is 2. The van der Waals surface area contributed by atoms with Gasteiger partial charge in [-0.1, -0.05) is 43.2 Å². The molecular formula is C15H21FIN3. The summed E-state index contributed by atoms with van der Waals surface area (Å²) in [7, 11) is 0. The van der Waals surface area contributed by atoms with E-state index in [2.05, 4.69) is 10.3 Å². The molecule has 110 valence electrons. The van der Waals surface area contributed by atoms with Crippen LogP contribution in [-0.4, -0.2) is 18.0 Å². The number of benzene rings is 1. The van der Waals surface area contributed by atoms with Gasteiger partial charge in [0.2, 0.25) is 0 Å².